The van der Waals surface area contributed by atoms with Crippen LogP contribution in [0, 0.1) is 5.41 Å². The van der Waals surface area contributed by atoms with Crippen molar-refractivity contribution < 1.29 is 9.90 Å². The molecule has 0 spiro atoms. The van der Waals surface area contributed by atoms with Gasteiger partial charge in [-0.25, -0.2) is 0 Å². The fourth-order valence-electron chi connectivity index (χ4n) is 1.76. The highest BCUT2D eigenvalue weighted by Crippen LogP contribution is 2.41. The highest BCUT2D eigenvalue weighted by atomic mass is 16.3. The molecule has 0 bridgehead atoms. The van der Waals surface area contributed by atoms with Crippen LogP contribution in [0.25, 0.3) is 0 Å². The number of hydrogen-bond acceptors (Lipinski definition) is 2. The fourth-order valence-corrected chi connectivity index (χ4v) is 1.76. The molecule has 1 atom stereocenters. The molecule has 1 N–H and O–H groups in total. The second-order valence-electron chi connectivity index (χ2n) is 4.38. The minimum absolute atomic E-state index is 0.310. The maximum Gasteiger partial charge on any atom is 0.125 e. The van der Waals surface area contributed by atoms with Gasteiger partial charge in [-0.1, -0.05) is 13.8 Å². The van der Waals surface area contributed by atoms with E-state index in [1.807, 2.05) is 13.8 Å². The zero-order valence-electron chi connectivity index (χ0n) is 7.97. The predicted molar refractivity (Wildman–Crippen MR) is 47.9 cm³/mol. The van der Waals surface area contributed by atoms with E-state index in [4.69, 9.17) is 0 Å². The van der Waals surface area contributed by atoms with E-state index in [9.17, 15) is 9.90 Å². The van der Waals surface area contributed by atoms with Gasteiger partial charge in [-0.2, -0.15) is 0 Å². The van der Waals surface area contributed by atoms with Crippen LogP contribution in [-0.2, 0) is 4.79 Å². The number of hydrogen-bond donors (Lipinski definition) is 1. The molecule has 0 radical (unpaired) electrons. The van der Waals surface area contributed by atoms with Gasteiger partial charge in [0.25, 0.3) is 0 Å². The van der Waals surface area contributed by atoms with E-state index in [-0.39, 0.29) is 5.41 Å². The Hall–Kier alpha value is -0.370. The van der Waals surface area contributed by atoms with Gasteiger partial charge in [-0.15, -0.1) is 0 Å². The summed E-state index contributed by atoms with van der Waals surface area (Å²) in [4.78, 5) is 10.8. The van der Waals surface area contributed by atoms with E-state index in [0.29, 0.717) is 6.42 Å². The van der Waals surface area contributed by atoms with Crippen molar-refractivity contribution >= 4 is 6.29 Å². The molecule has 1 fully saturated rings. The molecular formula is C10H18O2. The Bertz CT molecular complexity index is 173. The van der Waals surface area contributed by atoms with Crippen molar-refractivity contribution in [3.8, 4) is 0 Å². The van der Waals surface area contributed by atoms with Crippen molar-refractivity contribution in [2.75, 3.05) is 0 Å². The summed E-state index contributed by atoms with van der Waals surface area (Å²) < 4.78 is 0. The SMILES string of the molecule is CCC(C)(C=O)CC1(O)CCC1. The van der Waals surface area contributed by atoms with Crippen molar-refractivity contribution in [3.63, 3.8) is 0 Å². The summed E-state index contributed by atoms with van der Waals surface area (Å²) >= 11 is 0. The van der Waals surface area contributed by atoms with Gasteiger partial charge in [0.05, 0.1) is 5.60 Å². The van der Waals surface area contributed by atoms with Crippen molar-refractivity contribution in [1.29, 1.82) is 0 Å². The lowest BCUT2D eigenvalue weighted by Gasteiger charge is -2.41. The number of rotatable bonds is 4. The van der Waals surface area contributed by atoms with Gasteiger partial charge in [0.2, 0.25) is 0 Å². The van der Waals surface area contributed by atoms with E-state index in [1.54, 1.807) is 0 Å². The summed E-state index contributed by atoms with van der Waals surface area (Å²) in [6.07, 6.45) is 5.30. The molecule has 70 valence electrons. The largest absolute Gasteiger partial charge is 0.390 e. The Morgan fingerprint density at radius 3 is 2.42 bits per heavy atom. The molecule has 2 heteroatoms. The standard InChI is InChI=1S/C10H18O2/c1-3-9(2,8-11)7-10(12)5-4-6-10/h8,12H,3-7H2,1-2H3. The molecule has 0 aromatic heterocycles. The van der Waals surface area contributed by atoms with Crippen LogP contribution in [0.2, 0.25) is 0 Å². The van der Waals surface area contributed by atoms with Crippen LogP contribution in [-0.4, -0.2) is 17.0 Å². The average Bonchev–Trinajstić information content (AvgIpc) is 2.02. The lowest BCUT2D eigenvalue weighted by atomic mass is 9.69. The van der Waals surface area contributed by atoms with Gasteiger partial charge >= 0.3 is 0 Å². The molecule has 0 heterocycles. The van der Waals surface area contributed by atoms with E-state index in [0.717, 1.165) is 32.0 Å². The third-order valence-corrected chi connectivity index (χ3v) is 3.11. The highest BCUT2D eigenvalue weighted by Gasteiger charge is 2.40. The molecule has 0 amide bonds. The minimum Gasteiger partial charge on any atom is -0.390 e. The molecule has 1 aliphatic carbocycles. The van der Waals surface area contributed by atoms with Crippen LogP contribution in [0.15, 0.2) is 0 Å². The molecule has 1 unspecified atom stereocenters. The summed E-state index contributed by atoms with van der Waals surface area (Å²) in [6, 6.07) is 0. The maximum absolute atomic E-state index is 10.8. The fraction of sp³-hybridized carbons (Fsp3) is 0.900. The molecule has 1 saturated carbocycles. The normalized spacial score (nSPS) is 25.6. The molecule has 0 saturated heterocycles. The zero-order valence-corrected chi connectivity index (χ0v) is 7.97. The lowest BCUT2D eigenvalue weighted by molar-refractivity contribution is -0.123. The van der Waals surface area contributed by atoms with E-state index >= 15 is 0 Å². The Labute approximate surface area is 74.0 Å². The first-order valence-corrected chi connectivity index (χ1v) is 4.72. The second-order valence-corrected chi connectivity index (χ2v) is 4.38. The summed E-state index contributed by atoms with van der Waals surface area (Å²) in [5.74, 6) is 0. The van der Waals surface area contributed by atoms with Crippen LogP contribution in [0.1, 0.15) is 46.0 Å². The van der Waals surface area contributed by atoms with Crippen molar-refractivity contribution in [2.24, 2.45) is 5.41 Å². The Balaban J connectivity index is 2.52. The van der Waals surface area contributed by atoms with Crippen LogP contribution in [0.5, 0.6) is 0 Å². The van der Waals surface area contributed by atoms with Gasteiger partial charge in [-0.05, 0) is 32.1 Å². The molecule has 2 nitrogen and oxygen atoms in total. The summed E-state index contributed by atoms with van der Waals surface area (Å²) in [7, 11) is 0. The van der Waals surface area contributed by atoms with Gasteiger partial charge in [0, 0.05) is 5.41 Å². The van der Waals surface area contributed by atoms with Gasteiger partial charge in [0.15, 0.2) is 0 Å². The monoisotopic (exact) mass is 170 g/mol. The van der Waals surface area contributed by atoms with Gasteiger partial charge in [-0.3, -0.25) is 0 Å². The van der Waals surface area contributed by atoms with E-state index in [2.05, 4.69) is 0 Å². The van der Waals surface area contributed by atoms with Gasteiger partial charge in [0.1, 0.15) is 6.29 Å². The average molecular weight is 170 g/mol. The first-order valence-electron chi connectivity index (χ1n) is 4.72. The third kappa shape index (κ3) is 1.86. The van der Waals surface area contributed by atoms with E-state index in [1.165, 1.54) is 0 Å². The summed E-state index contributed by atoms with van der Waals surface area (Å²) in [5, 5.41) is 9.85. The van der Waals surface area contributed by atoms with Crippen molar-refractivity contribution in [3.05, 3.63) is 0 Å². The molecule has 0 aromatic carbocycles. The zero-order chi connectivity index (χ0) is 9.24. The predicted octanol–water partition coefficient (Wildman–Crippen LogP) is 1.91. The Morgan fingerprint density at radius 2 is 2.17 bits per heavy atom. The molecular weight excluding hydrogens is 152 g/mol. The quantitative estimate of drug-likeness (QED) is 0.654. The highest BCUT2D eigenvalue weighted by molar-refractivity contribution is 5.58. The maximum atomic E-state index is 10.8. The van der Waals surface area contributed by atoms with Crippen molar-refractivity contribution in [2.45, 2.75) is 51.6 Å². The Kier molecular flexibility index (Phi) is 2.57. The first kappa shape index (κ1) is 9.72. The van der Waals surface area contributed by atoms with Crippen LogP contribution >= 0.6 is 0 Å². The number of aldehydes is 1. The third-order valence-electron chi connectivity index (χ3n) is 3.11. The topological polar surface area (TPSA) is 37.3 Å². The van der Waals surface area contributed by atoms with Crippen molar-refractivity contribution in [1.82, 2.24) is 0 Å². The second kappa shape index (κ2) is 3.17. The van der Waals surface area contributed by atoms with Crippen LogP contribution in [0.3, 0.4) is 0 Å². The number of aliphatic hydroxyl groups is 1. The molecule has 1 rings (SSSR count). The Morgan fingerprint density at radius 1 is 1.58 bits per heavy atom. The molecule has 12 heavy (non-hydrogen) atoms. The van der Waals surface area contributed by atoms with Crippen LogP contribution in [0.4, 0.5) is 0 Å². The van der Waals surface area contributed by atoms with E-state index < -0.39 is 5.60 Å². The first-order chi connectivity index (χ1) is 5.54. The summed E-state index contributed by atoms with van der Waals surface area (Å²) in [6.45, 7) is 3.92. The minimum atomic E-state index is -0.522. The number of carbonyl (C=O) groups excluding carboxylic acids is 1. The lowest BCUT2D eigenvalue weighted by Crippen LogP contribution is -2.42. The van der Waals surface area contributed by atoms with Gasteiger partial charge < -0.3 is 9.90 Å². The molecule has 0 aromatic rings. The molecule has 1 aliphatic rings. The van der Waals surface area contributed by atoms with Crippen LogP contribution < -0.4 is 0 Å². The number of carbonyl (C=O) groups is 1. The molecule has 0 aliphatic heterocycles. The smallest absolute Gasteiger partial charge is 0.125 e. The summed E-state index contributed by atoms with van der Waals surface area (Å²) in [5.41, 5.74) is -0.832.